The van der Waals surface area contributed by atoms with E-state index in [2.05, 4.69) is 28.1 Å². The van der Waals surface area contributed by atoms with E-state index in [1.807, 2.05) is 36.4 Å². The summed E-state index contributed by atoms with van der Waals surface area (Å²) in [5.41, 5.74) is 5.75. The normalized spacial score (nSPS) is 12.9. The predicted octanol–water partition coefficient (Wildman–Crippen LogP) is 3.80. The van der Waals surface area contributed by atoms with Gasteiger partial charge in [-0.05, 0) is 45.9 Å². The molecule has 0 bridgehead atoms. The Bertz CT molecular complexity index is 1230. The first-order chi connectivity index (χ1) is 17.9. The van der Waals surface area contributed by atoms with Crippen molar-refractivity contribution < 1.29 is 24.2 Å². The molecule has 0 saturated heterocycles. The Kier molecular flexibility index (Phi) is 8.20. The van der Waals surface area contributed by atoms with E-state index in [0.29, 0.717) is 5.69 Å². The number of rotatable bonds is 9. The Morgan fingerprint density at radius 3 is 2.05 bits per heavy atom. The number of hydrogen-bond acceptors (Lipinski definition) is 5. The zero-order valence-electron chi connectivity index (χ0n) is 20.9. The van der Waals surface area contributed by atoms with Crippen LogP contribution in [-0.2, 0) is 20.9 Å². The largest absolute Gasteiger partial charge is 0.449 e. The van der Waals surface area contributed by atoms with E-state index in [4.69, 9.17) is 9.84 Å². The molecule has 192 valence electrons. The molecule has 3 aromatic rings. The predicted molar refractivity (Wildman–Crippen MR) is 141 cm³/mol. The quantitative estimate of drug-likeness (QED) is 0.356. The highest BCUT2D eigenvalue weighted by Crippen LogP contribution is 2.44. The van der Waals surface area contributed by atoms with Crippen molar-refractivity contribution >= 4 is 23.6 Å². The molecule has 0 saturated carbocycles. The zero-order valence-corrected chi connectivity index (χ0v) is 20.9. The minimum Gasteiger partial charge on any atom is -0.449 e. The van der Waals surface area contributed by atoms with Gasteiger partial charge in [0.15, 0.2) is 0 Å². The Hall–Kier alpha value is -4.17. The second-order valence-electron chi connectivity index (χ2n) is 9.31. The maximum absolute atomic E-state index is 12.8. The Labute approximate surface area is 216 Å². The van der Waals surface area contributed by atoms with Crippen LogP contribution in [-0.4, -0.2) is 42.2 Å². The van der Waals surface area contributed by atoms with E-state index >= 15 is 0 Å². The number of benzene rings is 3. The van der Waals surface area contributed by atoms with E-state index in [9.17, 15) is 14.4 Å². The number of ether oxygens (including phenoxy) is 1. The van der Waals surface area contributed by atoms with Gasteiger partial charge < -0.3 is 25.8 Å². The van der Waals surface area contributed by atoms with E-state index in [1.165, 1.54) is 0 Å². The Balaban J connectivity index is 1.30. The third-order valence-electron chi connectivity index (χ3n) is 6.41. The zero-order chi connectivity index (χ0) is 26.4. The Morgan fingerprint density at radius 2 is 1.49 bits per heavy atom. The second-order valence-corrected chi connectivity index (χ2v) is 9.31. The smallest absolute Gasteiger partial charge is 0.407 e. The van der Waals surface area contributed by atoms with Crippen LogP contribution in [0, 0.1) is 5.92 Å². The molecule has 0 heterocycles. The summed E-state index contributed by atoms with van der Waals surface area (Å²) >= 11 is 0. The lowest BCUT2D eigenvalue weighted by atomic mass is 9.98. The highest BCUT2D eigenvalue weighted by molar-refractivity contribution is 5.95. The maximum Gasteiger partial charge on any atom is 0.407 e. The lowest BCUT2D eigenvalue weighted by Crippen LogP contribution is -2.51. The molecule has 4 N–H and O–H groups in total. The highest BCUT2D eigenvalue weighted by Gasteiger charge is 2.30. The molecule has 4 rings (SSSR count). The first-order valence-electron chi connectivity index (χ1n) is 12.3. The van der Waals surface area contributed by atoms with Gasteiger partial charge in [0.05, 0.1) is 13.2 Å². The maximum atomic E-state index is 12.8. The van der Waals surface area contributed by atoms with Gasteiger partial charge in [0.25, 0.3) is 0 Å². The van der Waals surface area contributed by atoms with Crippen molar-refractivity contribution in [2.24, 2.45) is 5.92 Å². The summed E-state index contributed by atoms with van der Waals surface area (Å²) in [6.07, 6.45) is -0.691. The summed E-state index contributed by atoms with van der Waals surface area (Å²) in [7, 11) is 0. The van der Waals surface area contributed by atoms with Gasteiger partial charge in [-0.1, -0.05) is 74.5 Å². The van der Waals surface area contributed by atoms with Gasteiger partial charge in [0.1, 0.15) is 12.6 Å². The van der Waals surface area contributed by atoms with Crippen LogP contribution in [0.15, 0.2) is 72.8 Å². The molecule has 3 aromatic carbocycles. The van der Waals surface area contributed by atoms with Crippen LogP contribution in [0.4, 0.5) is 10.5 Å². The number of anilines is 1. The SMILES string of the molecule is CC(C)[C@H](NC(=O)OCC1c2ccccc2-c2ccccc21)C(=O)NCC(=O)Nc1ccc(CO)cc1. The summed E-state index contributed by atoms with van der Waals surface area (Å²) in [6, 6.07) is 22.0. The lowest BCUT2D eigenvalue weighted by Gasteiger charge is -2.22. The molecule has 0 aliphatic heterocycles. The molecule has 0 aromatic heterocycles. The summed E-state index contributed by atoms with van der Waals surface area (Å²) in [6.45, 7) is 3.41. The molecule has 0 spiro atoms. The van der Waals surface area contributed by atoms with Gasteiger partial charge in [-0.25, -0.2) is 4.79 Å². The number of amides is 3. The summed E-state index contributed by atoms with van der Waals surface area (Å²) in [4.78, 5) is 37.7. The van der Waals surface area contributed by atoms with Crippen LogP contribution < -0.4 is 16.0 Å². The van der Waals surface area contributed by atoms with E-state index in [-0.39, 0.29) is 31.6 Å². The third kappa shape index (κ3) is 6.16. The summed E-state index contributed by atoms with van der Waals surface area (Å²) in [5, 5.41) is 17.0. The molecule has 0 radical (unpaired) electrons. The summed E-state index contributed by atoms with van der Waals surface area (Å²) < 4.78 is 5.57. The number of nitrogens with one attached hydrogen (secondary N) is 3. The minimum absolute atomic E-state index is 0.0837. The molecule has 1 atom stereocenters. The highest BCUT2D eigenvalue weighted by atomic mass is 16.5. The molecule has 1 aliphatic rings. The number of aliphatic hydroxyl groups is 1. The lowest BCUT2D eigenvalue weighted by molar-refractivity contribution is -0.126. The average Bonchev–Trinajstić information content (AvgIpc) is 3.23. The molecular formula is C29H31N3O5. The van der Waals surface area contributed by atoms with Crippen LogP contribution >= 0.6 is 0 Å². The monoisotopic (exact) mass is 501 g/mol. The van der Waals surface area contributed by atoms with E-state index < -0.39 is 23.9 Å². The molecule has 0 unspecified atom stereocenters. The fraction of sp³-hybridized carbons (Fsp3) is 0.276. The average molecular weight is 502 g/mol. The van der Waals surface area contributed by atoms with Crippen LogP contribution in [0.2, 0.25) is 0 Å². The van der Waals surface area contributed by atoms with Crippen LogP contribution in [0.5, 0.6) is 0 Å². The van der Waals surface area contributed by atoms with Crippen molar-refractivity contribution in [3.05, 3.63) is 89.5 Å². The summed E-state index contributed by atoms with van der Waals surface area (Å²) in [5.74, 6) is -1.20. The first-order valence-corrected chi connectivity index (χ1v) is 12.3. The van der Waals surface area contributed by atoms with Gasteiger partial charge in [0.2, 0.25) is 11.8 Å². The second kappa shape index (κ2) is 11.7. The number of alkyl carbamates (subject to hydrolysis) is 1. The van der Waals surface area contributed by atoms with Gasteiger partial charge in [-0.15, -0.1) is 0 Å². The van der Waals surface area contributed by atoms with Crippen molar-refractivity contribution in [3.63, 3.8) is 0 Å². The molecule has 8 nitrogen and oxygen atoms in total. The van der Waals surface area contributed by atoms with Gasteiger partial charge in [-0.2, -0.15) is 0 Å². The Morgan fingerprint density at radius 1 is 0.892 bits per heavy atom. The molecule has 3 amide bonds. The van der Waals surface area contributed by atoms with Gasteiger partial charge in [-0.3, -0.25) is 9.59 Å². The van der Waals surface area contributed by atoms with Crippen molar-refractivity contribution in [3.8, 4) is 11.1 Å². The molecule has 37 heavy (non-hydrogen) atoms. The number of hydrogen-bond donors (Lipinski definition) is 4. The number of carbonyl (C=O) groups excluding carboxylic acids is 3. The third-order valence-corrected chi connectivity index (χ3v) is 6.41. The number of aliphatic hydroxyl groups excluding tert-OH is 1. The van der Waals surface area contributed by atoms with Crippen molar-refractivity contribution in [1.82, 2.24) is 10.6 Å². The van der Waals surface area contributed by atoms with E-state index in [0.717, 1.165) is 27.8 Å². The molecular weight excluding hydrogens is 470 g/mol. The van der Waals surface area contributed by atoms with Crippen molar-refractivity contribution in [1.29, 1.82) is 0 Å². The minimum atomic E-state index is -0.868. The van der Waals surface area contributed by atoms with Crippen molar-refractivity contribution in [2.45, 2.75) is 32.4 Å². The van der Waals surface area contributed by atoms with Crippen LogP contribution in [0.3, 0.4) is 0 Å². The number of carbonyl (C=O) groups is 3. The molecule has 8 heteroatoms. The molecule has 1 aliphatic carbocycles. The molecule has 0 fully saturated rings. The number of fused-ring (bicyclic) bond motifs is 3. The van der Waals surface area contributed by atoms with Crippen LogP contribution in [0.1, 0.15) is 36.5 Å². The van der Waals surface area contributed by atoms with Gasteiger partial charge in [0, 0.05) is 11.6 Å². The van der Waals surface area contributed by atoms with Crippen LogP contribution in [0.25, 0.3) is 11.1 Å². The first kappa shape index (κ1) is 25.9. The van der Waals surface area contributed by atoms with Gasteiger partial charge >= 0.3 is 6.09 Å². The fourth-order valence-electron chi connectivity index (χ4n) is 4.48. The topological polar surface area (TPSA) is 117 Å². The van der Waals surface area contributed by atoms with Crippen molar-refractivity contribution in [2.75, 3.05) is 18.5 Å². The standard InChI is InChI=1S/C29H31N3O5/c1-18(2)27(28(35)30-15-26(34)31-20-13-11-19(16-33)12-14-20)32-29(36)37-17-25-23-9-5-3-7-21(23)22-8-4-6-10-24(22)25/h3-14,18,25,27,33H,15-17H2,1-2H3,(H,30,35)(H,31,34)(H,32,36)/t27-/m0/s1. The fourth-order valence-corrected chi connectivity index (χ4v) is 4.48. The van der Waals surface area contributed by atoms with E-state index in [1.54, 1.807) is 38.1 Å².